The lowest BCUT2D eigenvalue weighted by Crippen LogP contribution is -2.29. The minimum absolute atomic E-state index is 0.160. The van der Waals surface area contributed by atoms with Crippen LogP contribution in [0.25, 0.3) is 0 Å². The van der Waals surface area contributed by atoms with Gasteiger partial charge in [-0.25, -0.2) is 0 Å². The van der Waals surface area contributed by atoms with Gasteiger partial charge in [0, 0.05) is 25.9 Å². The van der Waals surface area contributed by atoms with Crippen molar-refractivity contribution in [2.24, 2.45) is 0 Å². The summed E-state index contributed by atoms with van der Waals surface area (Å²) in [7, 11) is 0. The van der Waals surface area contributed by atoms with Crippen molar-refractivity contribution in [1.82, 2.24) is 10.6 Å². The van der Waals surface area contributed by atoms with Gasteiger partial charge in [0.15, 0.2) is 0 Å². The molecule has 0 aliphatic heterocycles. The topological polar surface area (TPSA) is 58.2 Å². The van der Waals surface area contributed by atoms with E-state index in [1.165, 1.54) is 128 Å². The summed E-state index contributed by atoms with van der Waals surface area (Å²) in [6, 6.07) is 0. The summed E-state index contributed by atoms with van der Waals surface area (Å²) in [5.41, 5.74) is 0. The van der Waals surface area contributed by atoms with Crippen LogP contribution in [0.5, 0.6) is 0 Å². The molecule has 0 aromatic rings. The quantitative estimate of drug-likeness (QED) is 0.107. The molecule has 0 saturated heterocycles. The van der Waals surface area contributed by atoms with Gasteiger partial charge < -0.3 is 10.6 Å². The first-order valence-corrected chi connectivity index (χ1v) is 15.7. The van der Waals surface area contributed by atoms with Gasteiger partial charge in [0.05, 0.1) is 0 Å². The number of hydrogen-bond acceptors (Lipinski definition) is 2. The molecule has 2 amide bonds. The van der Waals surface area contributed by atoms with Crippen molar-refractivity contribution in [3.8, 4) is 0 Å². The van der Waals surface area contributed by atoms with E-state index in [2.05, 4.69) is 24.5 Å². The van der Waals surface area contributed by atoms with Crippen molar-refractivity contribution >= 4 is 11.8 Å². The summed E-state index contributed by atoms with van der Waals surface area (Å²) >= 11 is 0. The van der Waals surface area contributed by atoms with Crippen LogP contribution in [0, 0.1) is 0 Å². The lowest BCUT2D eigenvalue weighted by molar-refractivity contribution is -0.121. The number of carbonyl (C=O) groups is 2. The Morgan fingerprint density at radius 1 is 0.371 bits per heavy atom. The van der Waals surface area contributed by atoms with E-state index >= 15 is 0 Å². The SMILES string of the molecule is CCCCCCCCCCCCCC(=O)NCCCNC(=O)CCCCCCCCCCCCC. The van der Waals surface area contributed by atoms with Gasteiger partial charge >= 0.3 is 0 Å². The molecule has 4 nitrogen and oxygen atoms in total. The van der Waals surface area contributed by atoms with E-state index in [9.17, 15) is 9.59 Å². The molecular weight excluding hydrogens is 432 g/mol. The van der Waals surface area contributed by atoms with Crippen LogP contribution in [0.3, 0.4) is 0 Å². The molecule has 0 fully saturated rings. The second kappa shape index (κ2) is 29.2. The molecule has 0 aromatic carbocycles. The van der Waals surface area contributed by atoms with E-state index in [0.29, 0.717) is 25.9 Å². The Kier molecular flexibility index (Phi) is 28.3. The minimum Gasteiger partial charge on any atom is -0.356 e. The van der Waals surface area contributed by atoms with Crippen molar-refractivity contribution in [2.45, 2.75) is 174 Å². The third-order valence-corrected chi connectivity index (χ3v) is 7.01. The van der Waals surface area contributed by atoms with Crippen LogP contribution in [-0.2, 0) is 9.59 Å². The van der Waals surface area contributed by atoms with Crippen LogP contribution in [0.15, 0.2) is 0 Å². The fraction of sp³-hybridized carbons (Fsp3) is 0.935. The maximum atomic E-state index is 11.9. The Labute approximate surface area is 219 Å². The van der Waals surface area contributed by atoms with Crippen molar-refractivity contribution < 1.29 is 9.59 Å². The number of amides is 2. The molecule has 0 atom stereocenters. The smallest absolute Gasteiger partial charge is 0.219 e. The third-order valence-electron chi connectivity index (χ3n) is 7.01. The zero-order chi connectivity index (χ0) is 25.7. The van der Waals surface area contributed by atoms with Crippen LogP contribution < -0.4 is 10.6 Å². The molecule has 0 unspecified atom stereocenters. The summed E-state index contributed by atoms with van der Waals surface area (Å²) < 4.78 is 0. The number of carbonyl (C=O) groups excluding carboxylic acids is 2. The first-order valence-electron chi connectivity index (χ1n) is 15.7. The molecule has 0 aromatic heterocycles. The standard InChI is InChI=1S/C31H62N2O2/c1-3-5-7-9-11-13-15-17-19-21-23-26-30(34)32-28-25-29-33-31(35)27-24-22-20-18-16-14-12-10-8-6-4-2/h3-29H2,1-2H3,(H,32,34)(H,33,35). The van der Waals surface area contributed by atoms with Crippen LogP contribution in [0.2, 0.25) is 0 Å². The molecular formula is C31H62N2O2. The van der Waals surface area contributed by atoms with Gasteiger partial charge in [0.2, 0.25) is 11.8 Å². The first-order chi connectivity index (χ1) is 17.2. The average molecular weight is 495 g/mol. The second-order valence-corrected chi connectivity index (χ2v) is 10.6. The van der Waals surface area contributed by atoms with E-state index in [1.54, 1.807) is 0 Å². The molecule has 0 bridgehead atoms. The predicted molar refractivity (Wildman–Crippen MR) is 153 cm³/mol. The summed E-state index contributed by atoms with van der Waals surface area (Å²) in [6.45, 7) is 5.85. The molecule has 0 saturated carbocycles. The molecule has 0 aliphatic carbocycles. The van der Waals surface area contributed by atoms with Crippen LogP contribution >= 0.6 is 0 Å². The molecule has 2 N–H and O–H groups in total. The van der Waals surface area contributed by atoms with E-state index in [1.807, 2.05) is 0 Å². The van der Waals surface area contributed by atoms with Gasteiger partial charge in [-0.15, -0.1) is 0 Å². The molecule has 208 valence electrons. The van der Waals surface area contributed by atoms with Gasteiger partial charge in [-0.2, -0.15) is 0 Å². The number of nitrogens with one attached hydrogen (secondary N) is 2. The van der Waals surface area contributed by atoms with E-state index < -0.39 is 0 Å². The third kappa shape index (κ3) is 29.1. The second-order valence-electron chi connectivity index (χ2n) is 10.6. The number of rotatable bonds is 28. The molecule has 0 heterocycles. The van der Waals surface area contributed by atoms with Crippen molar-refractivity contribution in [2.75, 3.05) is 13.1 Å². The van der Waals surface area contributed by atoms with Gasteiger partial charge in [-0.05, 0) is 19.3 Å². The maximum absolute atomic E-state index is 11.9. The Bertz CT molecular complexity index is 413. The Hall–Kier alpha value is -1.06. The van der Waals surface area contributed by atoms with Crippen LogP contribution in [0.1, 0.15) is 174 Å². The zero-order valence-corrected chi connectivity index (χ0v) is 23.9. The van der Waals surface area contributed by atoms with Crippen LogP contribution in [-0.4, -0.2) is 24.9 Å². The van der Waals surface area contributed by atoms with Crippen LogP contribution in [0.4, 0.5) is 0 Å². The lowest BCUT2D eigenvalue weighted by atomic mass is 10.1. The highest BCUT2D eigenvalue weighted by Gasteiger charge is 2.03. The molecule has 0 spiro atoms. The predicted octanol–water partition coefficient (Wildman–Crippen LogP) is 9.01. The first kappa shape index (κ1) is 33.9. The Morgan fingerprint density at radius 2 is 0.629 bits per heavy atom. The molecule has 4 heteroatoms. The van der Waals surface area contributed by atoms with Gasteiger partial charge in [0.1, 0.15) is 0 Å². The van der Waals surface area contributed by atoms with Crippen molar-refractivity contribution in [3.63, 3.8) is 0 Å². The molecule has 0 aliphatic rings. The highest BCUT2D eigenvalue weighted by Crippen LogP contribution is 2.13. The monoisotopic (exact) mass is 494 g/mol. The fourth-order valence-corrected chi connectivity index (χ4v) is 4.62. The maximum Gasteiger partial charge on any atom is 0.219 e. The average Bonchev–Trinajstić information content (AvgIpc) is 2.85. The summed E-state index contributed by atoms with van der Waals surface area (Å²) in [4.78, 5) is 23.9. The normalized spacial score (nSPS) is 11.0. The molecule has 0 rings (SSSR count). The van der Waals surface area contributed by atoms with Gasteiger partial charge in [-0.3, -0.25) is 9.59 Å². The summed E-state index contributed by atoms with van der Waals surface area (Å²) in [5, 5.41) is 5.98. The summed E-state index contributed by atoms with van der Waals surface area (Å²) in [6.07, 6.45) is 30.8. The number of hydrogen-bond donors (Lipinski definition) is 2. The van der Waals surface area contributed by atoms with Crippen molar-refractivity contribution in [1.29, 1.82) is 0 Å². The van der Waals surface area contributed by atoms with E-state index in [0.717, 1.165) is 19.3 Å². The Balaban J connectivity index is 3.27. The molecule has 0 radical (unpaired) electrons. The zero-order valence-electron chi connectivity index (χ0n) is 23.9. The number of unbranched alkanes of at least 4 members (excludes halogenated alkanes) is 20. The van der Waals surface area contributed by atoms with Gasteiger partial charge in [0.25, 0.3) is 0 Å². The summed E-state index contributed by atoms with van der Waals surface area (Å²) in [5.74, 6) is 0.321. The molecule has 35 heavy (non-hydrogen) atoms. The van der Waals surface area contributed by atoms with Crippen molar-refractivity contribution in [3.05, 3.63) is 0 Å². The highest BCUT2D eigenvalue weighted by atomic mass is 16.2. The largest absolute Gasteiger partial charge is 0.356 e. The lowest BCUT2D eigenvalue weighted by Gasteiger charge is -2.07. The van der Waals surface area contributed by atoms with E-state index in [4.69, 9.17) is 0 Å². The Morgan fingerprint density at radius 3 is 0.914 bits per heavy atom. The minimum atomic E-state index is 0.160. The van der Waals surface area contributed by atoms with Gasteiger partial charge in [-0.1, -0.05) is 142 Å². The fourth-order valence-electron chi connectivity index (χ4n) is 4.62. The van der Waals surface area contributed by atoms with E-state index in [-0.39, 0.29) is 11.8 Å². The highest BCUT2D eigenvalue weighted by molar-refractivity contribution is 5.76.